The summed E-state index contributed by atoms with van der Waals surface area (Å²) in [7, 11) is 0. The molecule has 1 aromatic heterocycles. The van der Waals surface area contributed by atoms with E-state index in [0.717, 1.165) is 12.8 Å². The molecule has 74 valence electrons. The number of aryl methyl sites for hydroxylation is 1. The summed E-state index contributed by atoms with van der Waals surface area (Å²) in [5, 5.41) is 16.1. The molecule has 3 nitrogen and oxygen atoms in total. The molecule has 0 saturated carbocycles. The highest BCUT2D eigenvalue weighted by Crippen LogP contribution is 1.98. The molecule has 0 atom stereocenters. The zero-order chi connectivity index (χ0) is 9.94. The Bertz CT molecular complexity index is 189. The number of hydrogen-bond acceptors (Lipinski definition) is 3. The van der Waals surface area contributed by atoms with Crippen LogP contribution < -0.4 is 0 Å². The summed E-state index contributed by atoms with van der Waals surface area (Å²) >= 11 is 0. The number of pyridine rings is 1. The third-order valence-electron chi connectivity index (χ3n) is 1.35. The molecule has 0 radical (unpaired) electrons. The highest BCUT2D eigenvalue weighted by molar-refractivity contribution is 5.08. The highest BCUT2D eigenvalue weighted by Gasteiger charge is 1.88. The third-order valence-corrected chi connectivity index (χ3v) is 1.35. The monoisotopic (exact) mass is 183 g/mol. The van der Waals surface area contributed by atoms with Crippen molar-refractivity contribution in [1.29, 1.82) is 0 Å². The van der Waals surface area contributed by atoms with Gasteiger partial charge in [-0.05, 0) is 31.4 Å². The second kappa shape index (κ2) is 9.16. The lowest BCUT2D eigenvalue weighted by atomic mass is 10.2. The van der Waals surface area contributed by atoms with E-state index < -0.39 is 0 Å². The van der Waals surface area contributed by atoms with Crippen molar-refractivity contribution in [3.63, 3.8) is 0 Å². The number of rotatable bonds is 3. The van der Waals surface area contributed by atoms with Crippen molar-refractivity contribution in [1.82, 2.24) is 4.98 Å². The van der Waals surface area contributed by atoms with Gasteiger partial charge in [-0.15, -0.1) is 0 Å². The molecular formula is C10H17NO2. The Morgan fingerprint density at radius 3 is 2.54 bits per heavy atom. The Kier molecular flexibility index (Phi) is 8.51. The Hall–Kier alpha value is -0.930. The average Bonchev–Trinajstić information content (AvgIpc) is 2.18. The van der Waals surface area contributed by atoms with E-state index in [0.29, 0.717) is 0 Å². The van der Waals surface area contributed by atoms with Gasteiger partial charge in [-0.25, -0.2) is 0 Å². The summed E-state index contributed by atoms with van der Waals surface area (Å²) in [4.78, 5) is 3.96. The molecule has 0 unspecified atom stereocenters. The summed E-state index contributed by atoms with van der Waals surface area (Å²) in [6.45, 7) is 2.19. The molecule has 0 aromatic carbocycles. The van der Waals surface area contributed by atoms with E-state index in [1.807, 2.05) is 18.3 Å². The number of aromatic nitrogens is 1. The first-order chi connectivity index (χ1) is 6.35. The minimum atomic E-state index is 0.250. The van der Waals surface area contributed by atoms with E-state index in [-0.39, 0.29) is 13.2 Å². The van der Waals surface area contributed by atoms with Crippen molar-refractivity contribution in [2.45, 2.75) is 19.8 Å². The van der Waals surface area contributed by atoms with E-state index >= 15 is 0 Å². The van der Waals surface area contributed by atoms with Crippen LogP contribution in [0.5, 0.6) is 0 Å². The van der Waals surface area contributed by atoms with E-state index in [1.165, 1.54) is 5.56 Å². The van der Waals surface area contributed by atoms with Crippen LogP contribution in [0.3, 0.4) is 0 Å². The minimum absolute atomic E-state index is 0.250. The van der Waals surface area contributed by atoms with Crippen LogP contribution in [0.15, 0.2) is 24.5 Å². The van der Waals surface area contributed by atoms with Crippen molar-refractivity contribution in [3.8, 4) is 0 Å². The molecule has 0 aliphatic heterocycles. The topological polar surface area (TPSA) is 53.4 Å². The third kappa shape index (κ3) is 7.43. The van der Waals surface area contributed by atoms with E-state index in [2.05, 4.69) is 4.98 Å². The zero-order valence-electron chi connectivity index (χ0n) is 7.98. The normalized spacial score (nSPS) is 8.85. The van der Waals surface area contributed by atoms with Crippen LogP contribution in [-0.2, 0) is 6.42 Å². The fraction of sp³-hybridized carbons (Fsp3) is 0.500. The van der Waals surface area contributed by atoms with Crippen LogP contribution in [0.25, 0.3) is 0 Å². The lowest BCUT2D eigenvalue weighted by Crippen LogP contribution is -1.88. The minimum Gasteiger partial charge on any atom is -0.397 e. The van der Waals surface area contributed by atoms with E-state index in [9.17, 15) is 0 Å². The first kappa shape index (κ1) is 12.1. The molecule has 0 spiro atoms. The maximum absolute atomic E-state index is 8.51. The van der Waals surface area contributed by atoms with Gasteiger partial charge in [0.25, 0.3) is 0 Å². The molecule has 0 bridgehead atoms. The van der Waals surface area contributed by atoms with E-state index in [1.54, 1.807) is 13.1 Å². The number of nitrogens with zero attached hydrogens (tertiary/aromatic N) is 1. The smallest absolute Gasteiger partial charge is 0.0434 e. The molecule has 13 heavy (non-hydrogen) atoms. The molecule has 3 heteroatoms. The molecule has 0 amide bonds. The van der Waals surface area contributed by atoms with Crippen molar-refractivity contribution in [3.05, 3.63) is 30.1 Å². The lowest BCUT2D eigenvalue weighted by molar-refractivity contribution is 0.288. The van der Waals surface area contributed by atoms with Crippen molar-refractivity contribution in [2.75, 3.05) is 13.2 Å². The SMILES string of the molecule is CCO.OCCCc1cccnc1. The van der Waals surface area contributed by atoms with Gasteiger partial charge in [0.1, 0.15) is 0 Å². The fourth-order valence-corrected chi connectivity index (χ4v) is 0.829. The molecule has 0 saturated heterocycles. The number of aliphatic hydroxyl groups excluding tert-OH is 2. The van der Waals surface area contributed by atoms with Crippen LogP contribution >= 0.6 is 0 Å². The number of aliphatic hydroxyl groups is 2. The van der Waals surface area contributed by atoms with Crippen LogP contribution in [0.1, 0.15) is 18.9 Å². The van der Waals surface area contributed by atoms with Gasteiger partial charge in [-0.2, -0.15) is 0 Å². The van der Waals surface area contributed by atoms with Crippen LogP contribution in [0, 0.1) is 0 Å². The highest BCUT2D eigenvalue weighted by atomic mass is 16.3. The zero-order valence-corrected chi connectivity index (χ0v) is 7.98. The van der Waals surface area contributed by atoms with Crippen molar-refractivity contribution >= 4 is 0 Å². The first-order valence-electron chi connectivity index (χ1n) is 4.45. The Morgan fingerprint density at radius 2 is 2.08 bits per heavy atom. The molecule has 0 aliphatic carbocycles. The quantitative estimate of drug-likeness (QED) is 0.735. The van der Waals surface area contributed by atoms with E-state index in [4.69, 9.17) is 10.2 Å². The molecule has 1 aromatic rings. The average molecular weight is 183 g/mol. The molecule has 1 heterocycles. The molecule has 1 rings (SSSR count). The fourth-order valence-electron chi connectivity index (χ4n) is 0.829. The summed E-state index contributed by atoms with van der Waals surface area (Å²) in [6.07, 6.45) is 5.33. The van der Waals surface area contributed by atoms with Crippen molar-refractivity contribution < 1.29 is 10.2 Å². The van der Waals surface area contributed by atoms with Crippen molar-refractivity contribution in [2.24, 2.45) is 0 Å². The maximum atomic E-state index is 8.51. The molecule has 0 aliphatic rings. The van der Waals surface area contributed by atoms with Gasteiger partial charge in [-0.1, -0.05) is 6.07 Å². The summed E-state index contributed by atoms with van der Waals surface area (Å²) in [5.41, 5.74) is 1.19. The first-order valence-corrected chi connectivity index (χ1v) is 4.45. The predicted octanol–water partition coefficient (Wildman–Crippen LogP) is 1.01. The second-order valence-corrected chi connectivity index (χ2v) is 2.50. The molecule has 0 fully saturated rings. The lowest BCUT2D eigenvalue weighted by Gasteiger charge is -1.95. The Balaban J connectivity index is 0.000000424. The summed E-state index contributed by atoms with van der Waals surface area (Å²) in [6, 6.07) is 3.93. The van der Waals surface area contributed by atoms with Gasteiger partial charge in [0, 0.05) is 25.6 Å². The molecule has 2 N–H and O–H groups in total. The molecular weight excluding hydrogens is 166 g/mol. The van der Waals surface area contributed by atoms with Crippen LogP contribution in [0.4, 0.5) is 0 Å². The number of hydrogen-bond donors (Lipinski definition) is 2. The standard InChI is InChI=1S/C8H11NO.C2H6O/c10-6-2-4-8-3-1-5-9-7-8;1-2-3/h1,3,5,7,10H,2,4,6H2;3H,2H2,1H3. The Morgan fingerprint density at radius 1 is 1.38 bits per heavy atom. The van der Waals surface area contributed by atoms with Gasteiger partial charge in [-0.3, -0.25) is 4.98 Å². The largest absolute Gasteiger partial charge is 0.397 e. The van der Waals surface area contributed by atoms with Gasteiger partial charge in [0.15, 0.2) is 0 Å². The summed E-state index contributed by atoms with van der Waals surface area (Å²) in [5.74, 6) is 0. The van der Waals surface area contributed by atoms with Gasteiger partial charge >= 0.3 is 0 Å². The van der Waals surface area contributed by atoms with Gasteiger partial charge in [0.05, 0.1) is 0 Å². The van der Waals surface area contributed by atoms with Gasteiger partial charge < -0.3 is 10.2 Å². The Labute approximate surface area is 79.1 Å². The van der Waals surface area contributed by atoms with Crippen LogP contribution in [-0.4, -0.2) is 28.4 Å². The maximum Gasteiger partial charge on any atom is 0.0434 e. The van der Waals surface area contributed by atoms with Crippen LogP contribution in [0.2, 0.25) is 0 Å². The predicted molar refractivity (Wildman–Crippen MR) is 52.4 cm³/mol. The van der Waals surface area contributed by atoms with Gasteiger partial charge in [0.2, 0.25) is 0 Å². The second-order valence-electron chi connectivity index (χ2n) is 2.50. The summed E-state index contributed by atoms with van der Waals surface area (Å²) < 4.78 is 0.